The largest absolute Gasteiger partial charge is 0.312 e. The van der Waals surface area contributed by atoms with Crippen molar-refractivity contribution in [2.45, 2.75) is 26.3 Å². The SMILES string of the molecule is Cc1cc(CNCCC(F)F)ccc1Cl. The highest BCUT2D eigenvalue weighted by molar-refractivity contribution is 6.31. The lowest BCUT2D eigenvalue weighted by Crippen LogP contribution is -2.16. The highest BCUT2D eigenvalue weighted by Gasteiger charge is 2.01. The molecule has 0 unspecified atom stereocenters. The van der Waals surface area contributed by atoms with E-state index >= 15 is 0 Å². The van der Waals surface area contributed by atoms with Gasteiger partial charge in [-0.3, -0.25) is 0 Å². The molecule has 0 bridgehead atoms. The summed E-state index contributed by atoms with van der Waals surface area (Å²) in [6.07, 6.45) is -2.34. The number of hydrogen-bond acceptors (Lipinski definition) is 1. The van der Waals surface area contributed by atoms with Gasteiger partial charge in [0.2, 0.25) is 6.43 Å². The van der Waals surface area contributed by atoms with Crippen LogP contribution in [-0.4, -0.2) is 13.0 Å². The van der Waals surface area contributed by atoms with E-state index in [2.05, 4.69) is 5.32 Å². The van der Waals surface area contributed by atoms with Gasteiger partial charge >= 0.3 is 0 Å². The molecule has 0 saturated heterocycles. The fourth-order valence-electron chi connectivity index (χ4n) is 1.26. The molecule has 0 heterocycles. The average molecular weight is 234 g/mol. The zero-order chi connectivity index (χ0) is 11.3. The molecule has 1 nitrogen and oxygen atoms in total. The molecule has 0 aliphatic carbocycles. The maximum absolute atomic E-state index is 11.8. The summed E-state index contributed by atoms with van der Waals surface area (Å²) >= 11 is 5.86. The first-order valence-electron chi connectivity index (χ1n) is 4.83. The molecule has 1 rings (SSSR count). The minimum atomic E-state index is -2.23. The van der Waals surface area contributed by atoms with Crippen LogP contribution in [0.2, 0.25) is 5.02 Å². The van der Waals surface area contributed by atoms with E-state index in [1.807, 2.05) is 25.1 Å². The highest BCUT2D eigenvalue weighted by atomic mass is 35.5. The molecular weight excluding hydrogens is 220 g/mol. The van der Waals surface area contributed by atoms with Crippen molar-refractivity contribution >= 4 is 11.6 Å². The lowest BCUT2D eigenvalue weighted by atomic mass is 10.1. The van der Waals surface area contributed by atoms with Gasteiger partial charge in [-0.25, -0.2) is 8.78 Å². The van der Waals surface area contributed by atoms with Crippen LogP contribution in [0.5, 0.6) is 0 Å². The monoisotopic (exact) mass is 233 g/mol. The van der Waals surface area contributed by atoms with Gasteiger partial charge < -0.3 is 5.32 Å². The summed E-state index contributed by atoms with van der Waals surface area (Å²) in [5.41, 5.74) is 2.07. The summed E-state index contributed by atoms with van der Waals surface area (Å²) in [5, 5.41) is 3.68. The second-order valence-electron chi connectivity index (χ2n) is 3.44. The molecule has 84 valence electrons. The summed E-state index contributed by atoms with van der Waals surface area (Å²) < 4.78 is 23.6. The summed E-state index contributed by atoms with van der Waals surface area (Å²) in [7, 11) is 0. The standard InChI is InChI=1S/C11H14ClF2N/c1-8-6-9(2-3-10(8)12)7-15-5-4-11(13)14/h2-3,6,11,15H,4-5,7H2,1H3. The molecule has 0 spiro atoms. The molecule has 0 atom stereocenters. The third-order valence-corrected chi connectivity index (χ3v) is 2.51. The van der Waals surface area contributed by atoms with E-state index in [9.17, 15) is 8.78 Å². The van der Waals surface area contributed by atoms with Crippen molar-refractivity contribution < 1.29 is 8.78 Å². The molecule has 4 heteroatoms. The van der Waals surface area contributed by atoms with Crippen LogP contribution in [0.25, 0.3) is 0 Å². The Morgan fingerprint density at radius 3 is 2.73 bits per heavy atom. The molecule has 0 aromatic heterocycles. The number of nitrogens with one attached hydrogen (secondary N) is 1. The van der Waals surface area contributed by atoms with Crippen molar-refractivity contribution in [1.29, 1.82) is 0 Å². The van der Waals surface area contributed by atoms with Gasteiger partial charge in [0.25, 0.3) is 0 Å². The Kier molecular flexibility index (Phi) is 4.99. The second kappa shape index (κ2) is 6.03. The molecular formula is C11H14ClF2N. The predicted molar refractivity (Wildman–Crippen MR) is 58.5 cm³/mol. The van der Waals surface area contributed by atoms with Gasteiger partial charge in [0, 0.05) is 24.5 Å². The van der Waals surface area contributed by atoms with Crippen molar-refractivity contribution in [3.63, 3.8) is 0 Å². The molecule has 0 amide bonds. The molecule has 1 N–H and O–H groups in total. The van der Waals surface area contributed by atoms with Crippen LogP contribution >= 0.6 is 11.6 Å². The predicted octanol–water partition coefficient (Wildman–Crippen LogP) is 3.39. The van der Waals surface area contributed by atoms with E-state index in [1.54, 1.807) is 0 Å². The first kappa shape index (κ1) is 12.4. The Labute approximate surface area is 93.4 Å². The number of benzene rings is 1. The van der Waals surface area contributed by atoms with E-state index in [4.69, 9.17) is 11.6 Å². The van der Waals surface area contributed by atoms with Gasteiger partial charge in [0.1, 0.15) is 0 Å². The lowest BCUT2D eigenvalue weighted by molar-refractivity contribution is 0.137. The number of halogens is 3. The number of alkyl halides is 2. The second-order valence-corrected chi connectivity index (χ2v) is 3.85. The maximum Gasteiger partial charge on any atom is 0.239 e. The topological polar surface area (TPSA) is 12.0 Å². The van der Waals surface area contributed by atoms with Gasteiger partial charge in [-0.2, -0.15) is 0 Å². The van der Waals surface area contributed by atoms with Crippen molar-refractivity contribution in [2.24, 2.45) is 0 Å². The Hall–Kier alpha value is -0.670. The van der Waals surface area contributed by atoms with E-state index in [0.29, 0.717) is 13.1 Å². The summed E-state index contributed by atoms with van der Waals surface area (Å²) in [5.74, 6) is 0. The van der Waals surface area contributed by atoms with E-state index in [-0.39, 0.29) is 6.42 Å². The highest BCUT2D eigenvalue weighted by Crippen LogP contribution is 2.16. The van der Waals surface area contributed by atoms with Crippen LogP contribution < -0.4 is 5.32 Å². The van der Waals surface area contributed by atoms with E-state index in [0.717, 1.165) is 16.1 Å². The molecule has 0 aliphatic rings. The Bertz CT molecular complexity index is 315. The third kappa shape index (κ3) is 4.58. The smallest absolute Gasteiger partial charge is 0.239 e. The van der Waals surface area contributed by atoms with Crippen LogP contribution in [0.1, 0.15) is 17.5 Å². The fraction of sp³-hybridized carbons (Fsp3) is 0.455. The first-order chi connectivity index (χ1) is 7.09. The van der Waals surface area contributed by atoms with Crippen LogP contribution in [0, 0.1) is 6.92 Å². The summed E-state index contributed by atoms with van der Waals surface area (Å²) in [4.78, 5) is 0. The quantitative estimate of drug-likeness (QED) is 0.769. The van der Waals surface area contributed by atoms with Crippen LogP contribution in [-0.2, 0) is 6.54 Å². The Morgan fingerprint density at radius 1 is 1.40 bits per heavy atom. The van der Waals surface area contributed by atoms with E-state index in [1.165, 1.54) is 0 Å². The van der Waals surface area contributed by atoms with Gasteiger partial charge in [0.05, 0.1) is 0 Å². The molecule has 0 aliphatic heterocycles. The van der Waals surface area contributed by atoms with Crippen molar-refractivity contribution in [2.75, 3.05) is 6.54 Å². The minimum absolute atomic E-state index is 0.105. The zero-order valence-electron chi connectivity index (χ0n) is 8.56. The molecule has 1 aromatic carbocycles. The fourth-order valence-corrected chi connectivity index (χ4v) is 1.38. The van der Waals surface area contributed by atoms with Crippen molar-refractivity contribution in [3.05, 3.63) is 34.3 Å². The molecule has 0 fully saturated rings. The number of rotatable bonds is 5. The van der Waals surface area contributed by atoms with Crippen molar-refractivity contribution in [1.82, 2.24) is 5.32 Å². The molecule has 15 heavy (non-hydrogen) atoms. The maximum atomic E-state index is 11.8. The van der Waals surface area contributed by atoms with Crippen molar-refractivity contribution in [3.8, 4) is 0 Å². The lowest BCUT2D eigenvalue weighted by Gasteiger charge is -2.06. The number of aryl methyl sites for hydroxylation is 1. The van der Waals surface area contributed by atoms with Gasteiger partial charge in [-0.15, -0.1) is 0 Å². The van der Waals surface area contributed by atoms with Gasteiger partial charge in [0.15, 0.2) is 0 Å². The van der Waals surface area contributed by atoms with Crippen LogP contribution in [0.15, 0.2) is 18.2 Å². The summed E-state index contributed by atoms with van der Waals surface area (Å²) in [6.45, 7) is 2.86. The third-order valence-electron chi connectivity index (χ3n) is 2.09. The Morgan fingerprint density at radius 2 is 2.13 bits per heavy atom. The van der Waals surface area contributed by atoms with Crippen LogP contribution in [0.4, 0.5) is 8.78 Å². The van der Waals surface area contributed by atoms with E-state index < -0.39 is 6.43 Å². The minimum Gasteiger partial charge on any atom is -0.312 e. The summed E-state index contributed by atoms with van der Waals surface area (Å²) in [6, 6.07) is 5.67. The van der Waals surface area contributed by atoms with Gasteiger partial charge in [-0.05, 0) is 24.1 Å². The first-order valence-corrected chi connectivity index (χ1v) is 5.21. The zero-order valence-corrected chi connectivity index (χ0v) is 9.32. The normalized spacial score (nSPS) is 11.0. The molecule has 0 radical (unpaired) electrons. The molecule has 1 aromatic rings. The van der Waals surface area contributed by atoms with Gasteiger partial charge in [-0.1, -0.05) is 23.7 Å². The Balaban J connectivity index is 2.35. The number of hydrogen-bond donors (Lipinski definition) is 1. The van der Waals surface area contributed by atoms with Crippen LogP contribution in [0.3, 0.4) is 0 Å². The molecule has 0 saturated carbocycles. The average Bonchev–Trinajstić information content (AvgIpc) is 2.18.